The number of phenols is 1. The molecule has 142 valence electrons. The van der Waals surface area contributed by atoms with Gasteiger partial charge in [0.15, 0.2) is 0 Å². The first-order valence-corrected chi connectivity index (χ1v) is 9.80. The standard InChI is InChI=1S/C21H26F3OP/c1-6-20(7-2,17-12-14(4)10-15(5)19(17)25)26-18-9-8-13(3)11-16(18)21(22,23)24/h8-12,25-26H,6-7H2,1-5H3. The molecule has 0 aliphatic rings. The minimum Gasteiger partial charge on any atom is -0.507 e. The van der Waals surface area contributed by atoms with Crippen LogP contribution in [0.1, 0.15) is 54.5 Å². The van der Waals surface area contributed by atoms with Crippen LogP contribution in [0.4, 0.5) is 13.2 Å². The largest absolute Gasteiger partial charge is 0.507 e. The third kappa shape index (κ3) is 4.06. The van der Waals surface area contributed by atoms with Crippen LogP contribution in [0, 0.1) is 20.8 Å². The number of rotatable bonds is 5. The predicted molar refractivity (Wildman–Crippen MR) is 104 cm³/mol. The van der Waals surface area contributed by atoms with Crippen molar-refractivity contribution in [2.45, 2.75) is 58.8 Å². The molecule has 2 rings (SSSR count). The lowest BCUT2D eigenvalue weighted by Crippen LogP contribution is -2.26. The van der Waals surface area contributed by atoms with E-state index in [1.165, 1.54) is 6.07 Å². The van der Waals surface area contributed by atoms with Crippen LogP contribution in [0.25, 0.3) is 0 Å². The summed E-state index contributed by atoms with van der Waals surface area (Å²) in [5, 5.41) is 10.4. The van der Waals surface area contributed by atoms with Gasteiger partial charge in [-0.25, -0.2) is 0 Å². The average molecular weight is 382 g/mol. The molecule has 0 spiro atoms. The summed E-state index contributed by atoms with van der Waals surface area (Å²) in [5.41, 5.74) is 2.55. The molecule has 0 aliphatic heterocycles. The van der Waals surface area contributed by atoms with Gasteiger partial charge in [-0.15, -0.1) is 0 Å². The summed E-state index contributed by atoms with van der Waals surface area (Å²) in [6, 6.07) is 8.36. The Kier molecular flexibility index (Phi) is 6.07. The Bertz CT molecular complexity index is 793. The van der Waals surface area contributed by atoms with Gasteiger partial charge in [-0.05, 0) is 50.5 Å². The van der Waals surface area contributed by atoms with Gasteiger partial charge in [-0.3, -0.25) is 0 Å². The van der Waals surface area contributed by atoms with Gasteiger partial charge in [0.25, 0.3) is 0 Å². The van der Waals surface area contributed by atoms with Crippen LogP contribution in [0.5, 0.6) is 5.75 Å². The molecule has 0 bridgehead atoms. The molecule has 0 fully saturated rings. The predicted octanol–water partition coefficient (Wildman–Crippen LogP) is 6.36. The van der Waals surface area contributed by atoms with E-state index < -0.39 is 16.9 Å². The maximum absolute atomic E-state index is 13.6. The van der Waals surface area contributed by atoms with E-state index in [2.05, 4.69) is 0 Å². The van der Waals surface area contributed by atoms with Crippen molar-refractivity contribution in [2.24, 2.45) is 0 Å². The maximum Gasteiger partial charge on any atom is 0.417 e. The Morgan fingerprint density at radius 1 is 0.885 bits per heavy atom. The third-order valence-electron chi connectivity index (χ3n) is 5.02. The molecule has 0 aliphatic carbocycles. The summed E-state index contributed by atoms with van der Waals surface area (Å²) < 4.78 is 40.7. The fourth-order valence-corrected chi connectivity index (χ4v) is 5.17. The van der Waals surface area contributed by atoms with Gasteiger partial charge in [0.05, 0.1) is 5.56 Å². The lowest BCUT2D eigenvalue weighted by Gasteiger charge is -2.35. The number of benzene rings is 2. The van der Waals surface area contributed by atoms with E-state index >= 15 is 0 Å². The van der Waals surface area contributed by atoms with Crippen molar-refractivity contribution in [1.82, 2.24) is 0 Å². The number of halogens is 3. The highest BCUT2D eigenvalue weighted by molar-refractivity contribution is 7.48. The number of aryl methyl sites for hydroxylation is 3. The maximum atomic E-state index is 13.6. The van der Waals surface area contributed by atoms with Gasteiger partial charge in [0.1, 0.15) is 5.75 Å². The molecule has 2 aromatic carbocycles. The third-order valence-corrected chi connectivity index (χ3v) is 7.18. The zero-order valence-corrected chi connectivity index (χ0v) is 16.9. The highest BCUT2D eigenvalue weighted by Gasteiger charge is 2.38. The topological polar surface area (TPSA) is 20.2 Å². The molecule has 0 saturated heterocycles. The van der Waals surface area contributed by atoms with E-state index in [4.69, 9.17) is 0 Å². The molecule has 1 nitrogen and oxygen atoms in total. The van der Waals surface area contributed by atoms with Crippen molar-refractivity contribution in [1.29, 1.82) is 0 Å². The molecule has 1 N–H and O–H groups in total. The van der Waals surface area contributed by atoms with Crippen molar-refractivity contribution < 1.29 is 18.3 Å². The summed E-state index contributed by atoms with van der Waals surface area (Å²) in [4.78, 5) is 0. The van der Waals surface area contributed by atoms with E-state index in [9.17, 15) is 18.3 Å². The summed E-state index contributed by atoms with van der Waals surface area (Å²) in [6.07, 6.45) is -3.07. The number of hydrogen-bond acceptors (Lipinski definition) is 1. The molecular formula is C21H26F3OP. The van der Waals surface area contributed by atoms with Crippen molar-refractivity contribution in [3.05, 3.63) is 58.1 Å². The molecule has 0 saturated carbocycles. The monoisotopic (exact) mass is 382 g/mol. The Balaban J connectivity index is 2.64. The van der Waals surface area contributed by atoms with Crippen LogP contribution in [-0.4, -0.2) is 5.11 Å². The molecule has 0 aromatic heterocycles. The van der Waals surface area contributed by atoms with E-state index in [0.29, 0.717) is 23.7 Å². The van der Waals surface area contributed by atoms with E-state index in [1.807, 2.05) is 39.8 Å². The second-order valence-corrected chi connectivity index (χ2v) is 8.68. The lowest BCUT2D eigenvalue weighted by molar-refractivity contribution is -0.136. The van der Waals surface area contributed by atoms with Gasteiger partial charge >= 0.3 is 6.18 Å². The molecule has 26 heavy (non-hydrogen) atoms. The van der Waals surface area contributed by atoms with Crippen LogP contribution in [0.15, 0.2) is 30.3 Å². The molecule has 1 unspecified atom stereocenters. The smallest absolute Gasteiger partial charge is 0.417 e. The SMILES string of the molecule is CCC(CC)(Pc1ccc(C)cc1C(F)(F)F)c1cc(C)cc(C)c1O. The van der Waals surface area contributed by atoms with Crippen molar-refractivity contribution in [3.63, 3.8) is 0 Å². The van der Waals surface area contributed by atoms with Crippen LogP contribution in [0.2, 0.25) is 0 Å². The first-order valence-electron chi connectivity index (χ1n) is 8.80. The number of aromatic hydroxyl groups is 1. The second-order valence-electron chi connectivity index (χ2n) is 6.94. The minimum absolute atomic E-state index is 0.0788. The molecule has 5 heteroatoms. The van der Waals surface area contributed by atoms with Crippen LogP contribution < -0.4 is 5.30 Å². The average Bonchev–Trinajstić information content (AvgIpc) is 2.56. The minimum atomic E-state index is -4.38. The van der Waals surface area contributed by atoms with Crippen molar-refractivity contribution in [3.8, 4) is 5.75 Å². The number of alkyl halides is 3. The summed E-state index contributed by atoms with van der Waals surface area (Å²) in [7, 11) is -0.0788. The van der Waals surface area contributed by atoms with Gasteiger partial charge < -0.3 is 5.11 Å². The highest BCUT2D eigenvalue weighted by Crippen LogP contribution is 2.51. The first kappa shape index (κ1) is 20.8. The zero-order chi connectivity index (χ0) is 19.7. The van der Waals surface area contributed by atoms with E-state index in [1.54, 1.807) is 19.1 Å². The second kappa shape index (κ2) is 7.60. The zero-order valence-electron chi connectivity index (χ0n) is 15.9. The Hall–Kier alpha value is -1.54. The molecule has 0 amide bonds. The van der Waals surface area contributed by atoms with Crippen LogP contribution in [-0.2, 0) is 11.3 Å². The Labute approximate surface area is 155 Å². The number of hydrogen-bond donors (Lipinski definition) is 1. The Morgan fingerprint density at radius 3 is 2.00 bits per heavy atom. The number of phenolic OH excluding ortho intramolecular Hbond substituents is 1. The highest BCUT2D eigenvalue weighted by atomic mass is 31.1. The van der Waals surface area contributed by atoms with E-state index in [0.717, 1.165) is 16.7 Å². The normalized spacial score (nSPS) is 12.9. The van der Waals surface area contributed by atoms with Crippen LogP contribution >= 0.6 is 8.58 Å². The van der Waals surface area contributed by atoms with Gasteiger partial charge in [-0.2, -0.15) is 13.2 Å². The van der Waals surface area contributed by atoms with Gasteiger partial charge in [-0.1, -0.05) is 57.8 Å². The molecule has 2 aromatic rings. The van der Waals surface area contributed by atoms with Crippen LogP contribution in [0.3, 0.4) is 0 Å². The molecule has 1 atom stereocenters. The lowest BCUT2D eigenvalue weighted by atomic mass is 9.89. The first-order chi connectivity index (χ1) is 12.0. The fourth-order valence-electron chi connectivity index (χ4n) is 3.46. The fraction of sp³-hybridized carbons (Fsp3) is 0.429. The summed E-state index contributed by atoms with van der Waals surface area (Å²) in [5.74, 6) is 0.201. The summed E-state index contributed by atoms with van der Waals surface area (Å²) >= 11 is 0. The Morgan fingerprint density at radius 2 is 1.46 bits per heavy atom. The quantitative estimate of drug-likeness (QED) is 0.597. The molecule has 0 heterocycles. The molecule has 0 radical (unpaired) electrons. The van der Waals surface area contributed by atoms with Crippen molar-refractivity contribution in [2.75, 3.05) is 0 Å². The van der Waals surface area contributed by atoms with E-state index in [-0.39, 0.29) is 14.3 Å². The van der Waals surface area contributed by atoms with Gasteiger partial charge in [0.2, 0.25) is 0 Å². The summed E-state index contributed by atoms with van der Waals surface area (Å²) in [6.45, 7) is 9.41. The van der Waals surface area contributed by atoms with Gasteiger partial charge in [0, 0.05) is 10.7 Å². The molecular weight excluding hydrogens is 356 g/mol. The van der Waals surface area contributed by atoms with Crippen molar-refractivity contribution >= 4 is 13.9 Å².